The highest BCUT2D eigenvalue weighted by molar-refractivity contribution is 5.97. The molecule has 6 nitrogen and oxygen atoms in total. The van der Waals surface area contributed by atoms with Crippen molar-refractivity contribution in [2.45, 2.75) is 70.1 Å². The van der Waals surface area contributed by atoms with Gasteiger partial charge in [-0.2, -0.15) is 0 Å². The SMILES string of the molecule is CC(C(=O)O)N(C(=O)c1ccnc(OC2CCCCC2)c1)C1CC1. The summed E-state index contributed by atoms with van der Waals surface area (Å²) in [6.07, 6.45) is 9.04. The first-order valence-electron chi connectivity index (χ1n) is 8.74. The van der Waals surface area contributed by atoms with E-state index in [2.05, 4.69) is 4.98 Å². The first-order valence-corrected chi connectivity index (χ1v) is 8.74. The van der Waals surface area contributed by atoms with E-state index in [4.69, 9.17) is 4.74 Å². The Bertz CT molecular complexity index is 609. The second-order valence-electron chi connectivity index (χ2n) is 6.72. The van der Waals surface area contributed by atoms with E-state index in [-0.39, 0.29) is 18.1 Å². The molecule has 1 N–H and O–H groups in total. The lowest BCUT2D eigenvalue weighted by molar-refractivity contribution is -0.141. The van der Waals surface area contributed by atoms with Crippen molar-refractivity contribution in [2.24, 2.45) is 0 Å². The zero-order chi connectivity index (χ0) is 17.1. The minimum atomic E-state index is -0.983. The molecule has 1 aromatic heterocycles. The van der Waals surface area contributed by atoms with Gasteiger partial charge in [-0.25, -0.2) is 9.78 Å². The predicted octanol–water partition coefficient (Wildman–Crippen LogP) is 2.87. The molecule has 2 aliphatic rings. The summed E-state index contributed by atoms with van der Waals surface area (Å²) in [5.74, 6) is -0.794. The van der Waals surface area contributed by atoms with Gasteiger partial charge >= 0.3 is 5.97 Å². The van der Waals surface area contributed by atoms with Gasteiger partial charge in [-0.3, -0.25) is 4.79 Å². The molecule has 6 heteroatoms. The Hall–Kier alpha value is -2.11. The first kappa shape index (κ1) is 16.7. The van der Waals surface area contributed by atoms with E-state index in [1.54, 1.807) is 25.3 Å². The number of aromatic nitrogens is 1. The maximum Gasteiger partial charge on any atom is 0.326 e. The van der Waals surface area contributed by atoms with Gasteiger partial charge in [-0.1, -0.05) is 6.42 Å². The number of carbonyl (C=O) groups is 2. The first-order chi connectivity index (χ1) is 11.6. The molecule has 2 saturated carbocycles. The van der Waals surface area contributed by atoms with Crippen molar-refractivity contribution < 1.29 is 19.4 Å². The molecule has 1 unspecified atom stereocenters. The smallest absolute Gasteiger partial charge is 0.326 e. The Balaban J connectivity index is 1.74. The number of ether oxygens (including phenoxy) is 1. The lowest BCUT2D eigenvalue weighted by Gasteiger charge is -2.27. The number of carboxylic acid groups (broad SMARTS) is 1. The molecular formula is C18H24N2O4. The van der Waals surface area contributed by atoms with E-state index < -0.39 is 12.0 Å². The molecular weight excluding hydrogens is 308 g/mol. The van der Waals surface area contributed by atoms with Crippen molar-refractivity contribution in [3.8, 4) is 5.88 Å². The minimum absolute atomic E-state index is 0.0273. The van der Waals surface area contributed by atoms with Crippen molar-refractivity contribution in [1.82, 2.24) is 9.88 Å². The minimum Gasteiger partial charge on any atom is -0.480 e. The third-order valence-electron chi connectivity index (χ3n) is 4.77. The number of carboxylic acids is 1. The number of nitrogens with zero attached hydrogens (tertiary/aromatic N) is 2. The summed E-state index contributed by atoms with van der Waals surface area (Å²) in [4.78, 5) is 29.8. The highest BCUT2D eigenvalue weighted by Crippen LogP contribution is 2.31. The lowest BCUT2D eigenvalue weighted by atomic mass is 9.98. The average Bonchev–Trinajstić information content (AvgIpc) is 3.41. The molecule has 3 rings (SSSR count). The van der Waals surface area contributed by atoms with Crippen LogP contribution in [0.25, 0.3) is 0 Å². The highest BCUT2D eigenvalue weighted by atomic mass is 16.5. The fourth-order valence-electron chi connectivity index (χ4n) is 3.24. The van der Waals surface area contributed by atoms with Crippen LogP contribution in [-0.2, 0) is 4.79 Å². The van der Waals surface area contributed by atoms with Crippen LogP contribution in [0.5, 0.6) is 5.88 Å². The summed E-state index contributed by atoms with van der Waals surface area (Å²) in [6, 6.07) is 2.46. The second kappa shape index (κ2) is 7.20. The molecule has 2 aliphatic carbocycles. The van der Waals surface area contributed by atoms with Crippen LogP contribution in [0.15, 0.2) is 18.3 Å². The summed E-state index contributed by atoms with van der Waals surface area (Å²) in [7, 11) is 0. The summed E-state index contributed by atoms with van der Waals surface area (Å²) >= 11 is 0. The van der Waals surface area contributed by atoms with E-state index in [1.807, 2.05) is 0 Å². The van der Waals surface area contributed by atoms with E-state index in [1.165, 1.54) is 11.3 Å². The molecule has 130 valence electrons. The Labute approximate surface area is 141 Å². The van der Waals surface area contributed by atoms with E-state index >= 15 is 0 Å². The normalized spacial score (nSPS) is 19.5. The van der Waals surface area contributed by atoms with Crippen LogP contribution >= 0.6 is 0 Å². The monoisotopic (exact) mass is 332 g/mol. The van der Waals surface area contributed by atoms with Gasteiger partial charge in [0, 0.05) is 23.9 Å². The molecule has 0 spiro atoms. The molecule has 0 aromatic carbocycles. The molecule has 0 bridgehead atoms. The third-order valence-corrected chi connectivity index (χ3v) is 4.77. The van der Waals surface area contributed by atoms with Crippen molar-refractivity contribution in [3.05, 3.63) is 23.9 Å². The van der Waals surface area contributed by atoms with Crippen LogP contribution in [-0.4, -0.2) is 45.1 Å². The Morgan fingerprint density at radius 3 is 2.58 bits per heavy atom. The number of amides is 1. The number of aliphatic carboxylic acids is 1. The number of hydrogen-bond acceptors (Lipinski definition) is 4. The molecule has 1 atom stereocenters. The standard InChI is InChI=1S/C18H24N2O4/c1-12(18(22)23)20(14-7-8-14)17(21)13-9-10-19-16(11-13)24-15-5-3-2-4-6-15/h9-12,14-15H,2-8H2,1H3,(H,22,23). The van der Waals surface area contributed by atoms with Gasteiger partial charge in [-0.15, -0.1) is 0 Å². The van der Waals surface area contributed by atoms with Gasteiger partial charge in [0.1, 0.15) is 12.1 Å². The Morgan fingerprint density at radius 1 is 1.25 bits per heavy atom. The zero-order valence-corrected chi connectivity index (χ0v) is 14.0. The summed E-state index contributed by atoms with van der Waals surface area (Å²) in [5, 5.41) is 9.26. The maximum absolute atomic E-state index is 12.8. The number of rotatable bonds is 6. The zero-order valence-electron chi connectivity index (χ0n) is 14.0. The van der Waals surface area contributed by atoms with E-state index in [9.17, 15) is 14.7 Å². The Kier molecular flexibility index (Phi) is 5.02. The Morgan fingerprint density at radius 2 is 1.96 bits per heavy atom. The van der Waals surface area contributed by atoms with Crippen LogP contribution in [0.3, 0.4) is 0 Å². The average molecular weight is 332 g/mol. The molecule has 2 fully saturated rings. The maximum atomic E-state index is 12.8. The van der Waals surface area contributed by atoms with Crippen molar-refractivity contribution in [1.29, 1.82) is 0 Å². The molecule has 1 amide bonds. The van der Waals surface area contributed by atoms with E-state index in [0.717, 1.165) is 38.5 Å². The van der Waals surface area contributed by atoms with Crippen LogP contribution < -0.4 is 4.74 Å². The van der Waals surface area contributed by atoms with Crippen molar-refractivity contribution in [3.63, 3.8) is 0 Å². The van der Waals surface area contributed by atoms with Gasteiger partial charge < -0.3 is 14.7 Å². The van der Waals surface area contributed by atoms with Gasteiger partial charge in [0.05, 0.1) is 0 Å². The molecule has 24 heavy (non-hydrogen) atoms. The largest absolute Gasteiger partial charge is 0.480 e. The molecule has 0 radical (unpaired) electrons. The fraction of sp³-hybridized carbons (Fsp3) is 0.611. The third kappa shape index (κ3) is 3.86. The van der Waals surface area contributed by atoms with Crippen molar-refractivity contribution in [2.75, 3.05) is 0 Å². The van der Waals surface area contributed by atoms with Crippen molar-refractivity contribution >= 4 is 11.9 Å². The number of pyridine rings is 1. The van der Waals surface area contributed by atoms with Gasteiger partial charge in [0.25, 0.3) is 5.91 Å². The predicted molar refractivity (Wildman–Crippen MR) is 88.0 cm³/mol. The van der Waals surface area contributed by atoms with Crippen LogP contribution in [0.1, 0.15) is 62.2 Å². The molecule has 0 aliphatic heterocycles. The summed E-state index contributed by atoms with van der Waals surface area (Å²) in [5.41, 5.74) is 0.441. The fourth-order valence-corrected chi connectivity index (χ4v) is 3.24. The van der Waals surface area contributed by atoms with Crippen LogP contribution in [0.4, 0.5) is 0 Å². The molecule has 1 aromatic rings. The number of carbonyl (C=O) groups excluding carboxylic acids is 1. The summed E-state index contributed by atoms with van der Waals surface area (Å²) in [6.45, 7) is 1.55. The van der Waals surface area contributed by atoms with Gasteiger partial charge in [0.15, 0.2) is 0 Å². The summed E-state index contributed by atoms with van der Waals surface area (Å²) < 4.78 is 5.91. The lowest BCUT2D eigenvalue weighted by Crippen LogP contribution is -2.44. The van der Waals surface area contributed by atoms with Gasteiger partial charge in [0.2, 0.25) is 5.88 Å². The quantitative estimate of drug-likeness (QED) is 0.866. The van der Waals surface area contributed by atoms with E-state index in [0.29, 0.717) is 11.4 Å². The molecule has 1 heterocycles. The second-order valence-corrected chi connectivity index (χ2v) is 6.72. The highest BCUT2D eigenvalue weighted by Gasteiger charge is 2.38. The topological polar surface area (TPSA) is 79.7 Å². The van der Waals surface area contributed by atoms with Crippen LogP contribution in [0, 0.1) is 0 Å². The van der Waals surface area contributed by atoms with Crippen LogP contribution in [0.2, 0.25) is 0 Å². The molecule has 0 saturated heterocycles. The van der Waals surface area contributed by atoms with Gasteiger partial charge in [-0.05, 0) is 51.5 Å². The number of hydrogen-bond donors (Lipinski definition) is 1.